The maximum atomic E-state index is 12.6. The molecule has 51 heavy (non-hydrogen) atoms. The Morgan fingerprint density at radius 3 is 1.94 bits per heavy atom. The first-order chi connectivity index (χ1) is 22.7. The van der Waals surface area contributed by atoms with Crippen LogP contribution in [0.2, 0.25) is 0 Å². The smallest absolute Gasteiger partial charge is 0.374 e. The normalized spacial score (nSPS) is 9.67. The molecule has 0 saturated heterocycles. The van der Waals surface area contributed by atoms with Crippen molar-refractivity contribution in [2.75, 3.05) is 0 Å². The largest absolute Gasteiger partial charge is 3.00 e. The SMILES string of the molecule is Fc1c[c-]c(-c2ccccn2)cc1.[B].[CH3-].[Ir].[Y+3].[Y].[c-]1ccc(-c2[c-]cc(-c3[c-]cccc3)[c-]c2)[c-]c1-c1nc2ccccc2n1-c1ccccc1. The molecule has 8 heteroatoms. The number of halogens is 1. The first-order valence-electron chi connectivity index (χ1n) is 14.7. The molecule has 6 aromatic carbocycles. The summed E-state index contributed by atoms with van der Waals surface area (Å²) < 4.78 is 14.7. The summed E-state index contributed by atoms with van der Waals surface area (Å²) >= 11 is 0. The minimum Gasteiger partial charge on any atom is -0.374 e. The number of rotatable bonds is 5. The van der Waals surface area contributed by atoms with Crippen LogP contribution < -0.4 is 0 Å². The fraction of sp³-hybridized carbons (Fsp3) is 0. The summed E-state index contributed by atoms with van der Waals surface area (Å²) in [6.45, 7) is 0. The molecular weight excluding hydrogens is 958 g/mol. The van der Waals surface area contributed by atoms with E-state index >= 15 is 0 Å². The second-order valence-electron chi connectivity index (χ2n) is 10.3. The summed E-state index contributed by atoms with van der Waals surface area (Å²) in [5.41, 5.74) is 9.28. The van der Waals surface area contributed by atoms with Crippen LogP contribution in [0, 0.1) is 49.6 Å². The average Bonchev–Trinajstić information content (AvgIpc) is 3.53. The number of fused-ring (bicyclic) bond motifs is 1. The van der Waals surface area contributed by atoms with E-state index in [1.165, 1.54) is 12.1 Å². The van der Waals surface area contributed by atoms with Crippen LogP contribution in [-0.2, 0) is 85.5 Å². The van der Waals surface area contributed by atoms with E-state index in [0.29, 0.717) is 0 Å². The van der Waals surface area contributed by atoms with Crippen LogP contribution in [0.3, 0.4) is 0 Å². The van der Waals surface area contributed by atoms with Crippen molar-refractivity contribution in [2.45, 2.75) is 0 Å². The van der Waals surface area contributed by atoms with E-state index < -0.39 is 0 Å². The van der Waals surface area contributed by atoms with Crippen LogP contribution in [0.15, 0.2) is 146 Å². The first-order valence-corrected chi connectivity index (χ1v) is 14.7. The fourth-order valence-corrected chi connectivity index (χ4v) is 5.07. The van der Waals surface area contributed by atoms with E-state index in [2.05, 4.69) is 64.1 Å². The number of hydrogen-bond acceptors (Lipinski definition) is 2. The summed E-state index contributed by atoms with van der Waals surface area (Å²) in [5.74, 6) is 0.531. The summed E-state index contributed by atoms with van der Waals surface area (Å²) in [4.78, 5) is 9.05. The Kier molecular flexibility index (Phi) is 18.4. The Labute approximate surface area is 365 Å². The van der Waals surface area contributed by atoms with Crippen molar-refractivity contribution in [1.82, 2.24) is 14.5 Å². The van der Waals surface area contributed by atoms with Gasteiger partial charge in [0.05, 0.1) is 11.0 Å². The van der Waals surface area contributed by atoms with Crippen molar-refractivity contribution in [3.63, 3.8) is 0 Å². The number of para-hydroxylation sites is 3. The van der Waals surface area contributed by atoms with Gasteiger partial charge in [-0.25, -0.2) is 41.5 Å². The topological polar surface area (TPSA) is 30.7 Å². The van der Waals surface area contributed by atoms with Crippen molar-refractivity contribution in [3.05, 3.63) is 195 Å². The van der Waals surface area contributed by atoms with E-state index in [0.717, 1.165) is 61.6 Å². The predicted molar refractivity (Wildman–Crippen MR) is 192 cm³/mol. The molecule has 2 heterocycles. The quantitative estimate of drug-likeness (QED) is 0.127. The van der Waals surface area contributed by atoms with Crippen molar-refractivity contribution < 1.29 is 89.9 Å². The number of nitrogens with zero attached hydrogens (tertiary/aromatic N) is 3. The van der Waals surface area contributed by atoms with E-state index in [4.69, 9.17) is 4.98 Å². The van der Waals surface area contributed by atoms with Crippen LogP contribution in [-0.4, -0.2) is 22.9 Å². The molecule has 0 aliphatic heterocycles. The zero-order valence-corrected chi connectivity index (χ0v) is 35.7. The van der Waals surface area contributed by atoms with E-state index in [1.807, 2.05) is 103 Å². The van der Waals surface area contributed by atoms with Gasteiger partial charge in [0, 0.05) is 78.9 Å². The van der Waals surface area contributed by atoms with Crippen LogP contribution in [0.25, 0.3) is 61.6 Å². The van der Waals surface area contributed by atoms with Gasteiger partial charge in [0.15, 0.2) is 0 Å². The minimum absolute atomic E-state index is 0. The standard InChI is InChI=1S/C31H17N2.C11H7FN.CH3.B.Ir.2Y/c1-3-10-23(11-4-1)24-18-20-25(21-19-24)26-12-9-13-27(22-26)31-32-29-16-7-8-17-30(29)33(31)28-14-5-2-6-15-28;12-10-6-4-9(5-7-10)11-3-1-2-8-13-11;;;;;/h1-10,12,14-18,21H;1-4,6-8H;1H3;;;;/q-5;2*-1;;;;+3. The second-order valence-corrected chi connectivity index (χ2v) is 10.3. The van der Waals surface area contributed by atoms with Gasteiger partial charge in [0.25, 0.3) is 0 Å². The Balaban J connectivity index is 0.000000430. The Morgan fingerprint density at radius 2 is 1.27 bits per heavy atom. The van der Waals surface area contributed by atoms with Gasteiger partial charge in [-0.2, -0.15) is 24.3 Å². The molecule has 243 valence electrons. The fourth-order valence-electron chi connectivity index (χ4n) is 5.07. The van der Waals surface area contributed by atoms with Gasteiger partial charge in [-0.15, -0.1) is 35.9 Å². The van der Waals surface area contributed by atoms with Crippen molar-refractivity contribution in [2.24, 2.45) is 0 Å². The summed E-state index contributed by atoms with van der Waals surface area (Å²) in [6, 6.07) is 63.7. The predicted octanol–water partition coefficient (Wildman–Crippen LogP) is 9.78. The second kappa shape index (κ2) is 21.3. The molecule has 0 bridgehead atoms. The molecule has 0 aliphatic carbocycles. The van der Waals surface area contributed by atoms with E-state index in [-0.39, 0.29) is 107 Å². The van der Waals surface area contributed by atoms with Crippen molar-refractivity contribution >= 4 is 19.4 Å². The number of pyridine rings is 1. The zero-order chi connectivity index (χ0) is 31.1. The molecule has 0 atom stereocenters. The molecule has 0 unspecified atom stereocenters. The molecule has 0 spiro atoms. The monoisotopic (exact) mass is 986 g/mol. The molecule has 5 radical (unpaired) electrons. The molecule has 0 amide bonds. The number of benzene rings is 6. The van der Waals surface area contributed by atoms with Gasteiger partial charge in [-0.3, -0.25) is 27.7 Å². The molecule has 0 N–H and O–H groups in total. The van der Waals surface area contributed by atoms with Crippen LogP contribution >= 0.6 is 0 Å². The molecular formula is C43H27BFIrN3Y2-4. The van der Waals surface area contributed by atoms with Gasteiger partial charge >= 0.3 is 32.7 Å². The van der Waals surface area contributed by atoms with Crippen LogP contribution in [0.4, 0.5) is 4.39 Å². The maximum Gasteiger partial charge on any atom is 3.00 e. The molecule has 0 aliphatic rings. The maximum absolute atomic E-state index is 12.6. The van der Waals surface area contributed by atoms with Gasteiger partial charge in [-0.1, -0.05) is 42.5 Å². The number of imidazole rings is 1. The minimum atomic E-state index is -0.278. The van der Waals surface area contributed by atoms with Gasteiger partial charge in [-0.05, 0) is 41.9 Å². The van der Waals surface area contributed by atoms with Crippen LogP contribution in [0.1, 0.15) is 0 Å². The molecule has 8 aromatic rings. The summed E-state index contributed by atoms with van der Waals surface area (Å²) in [5, 5.41) is 0. The molecule has 0 fully saturated rings. The molecule has 3 nitrogen and oxygen atoms in total. The number of aromatic nitrogens is 3. The third-order valence-corrected chi connectivity index (χ3v) is 7.29. The zero-order valence-electron chi connectivity index (χ0n) is 27.6. The van der Waals surface area contributed by atoms with E-state index in [1.54, 1.807) is 12.3 Å². The van der Waals surface area contributed by atoms with Gasteiger partial charge < -0.3 is 33.6 Å². The third kappa shape index (κ3) is 10.7. The van der Waals surface area contributed by atoms with Gasteiger partial charge in [0.2, 0.25) is 0 Å². The Bertz CT molecular complexity index is 2200. The Hall–Kier alpha value is -3.21. The third-order valence-electron chi connectivity index (χ3n) is 7.29. The van der Waals surface area contributed by atoms with Crippen molar-refractivity contribution in [3.8, 4) is 50.6 Å². The number of hydrogen-bond donors (Lipinski definition) is 0. The van der Waals surface area contributed by atoms with Crippen molar-refractivity contribution in [1.29, 1.82) is 0 Å². The molecule has 2 aromatic heterocycles. The first kappa shape index (κ1) is 44.0. The molecule has 0 saturated carbocycles. The summed E-state index contributed by atoms with van der Waals surface area (Å²) in [7, 11) is 0. The van der Waals surface area contributed by atoms with E-state index in [9.17, 15) is 4.39 Å². The molecule has 8 rings (SSSR count). The average molecular weight is 986 g/mol. The van der Waals surface area contributed by atoms with Gasteiger partial charge in [0.1, 0.15) is 0 Å². The summed E-state index contributed by atoms with van der Waals surface area (Å²) in [6.07, 6.45) is 1.70. The Morgan fingerprint density at radius 1 is 0.588 bits per heavy atom. The van der Waals surface area contributed by atoms with Crippen LogP contribution in [0.5, 0.6) is 0 Å².